The molecule has 0 amide bonds. The van der Waals surface area contributed by atoms with E-state index in [1.807, 2.05) is 30.0 Å². The number of likely N-dealkylation sites (tertiary alicyclic amines) is 1. The van der Waals surface area contributed by atoms with Gasteiger partial charge >= 0.3 is 5.97 Å². The molecule has 1 aliphatic heterocycles. The van der Waals surface area contributed by atoms with Crippen molar-refractivity contribution < 1.29 is 24.1 Å². The van der Waals surface area contributed by atoms with Gasteiger partial charge in [-0.1, -0.05) is 12.5 Å². The molecule has 2 heterocycles. The summed E-state index contributed by atoms with van der Waals surface area (Å²) < 4.78 is 16.6. The van der Waals surface area contributed by atoms with Gasteiger partial charge in [0.05, 0.1) is 33.1 Å². The summed E-state index contributed by atoms with van der Waals surface area (Å²) in [6.07, 6.45) is 4.23. The van der Waals surface area contributed by atoms with Crippen LogP contribution in [0.1, 0.15) is 42.1 Å². The SMILES string of the molecule is COc1cc(OC)c(C(c2ccc(C)cn2)N2CCCCC2C(=O)O)cc1OC. The Hall–Kier alpha value is -2.80. The number of aliphatic carboxylic acids is 1. The lowest BCUT2D eigenvalue weighted by Gasteiger charge is -2.39. The van der Waals surface area contributed by atoms with Crippen LogP contribution in [0.5, 0.6) is 17.2 Å². The normalized spacial score (nSPS) is 18.1. The summed E-state index contributed by atoms with van der Waals surface area (Å²) in [5, 5.41) is 9.87. The van der Waals surface area contributed by atoms with Crippen molar-refractivity contribution in [3.63, 3.8) is 0 Å². The third kappa shape index (κ3) is 4.29. The van der Waals surface area contributed by atoms with Gasteiger partial charge in [0.15, 0.2) is 11.5 Å². The maximum absolute atomic E-state index is 12.0. The molecule has 0 spiro atoms. The Balaban J connectivity index is 2.20. The van der Waals surface area contributed by atoms with Crippen LogP contribution in [-0.4, -0.2) is 54.9 Å². The Kier molecular flexibility index (Phi) is 6.59. The minimum atomic E-state index is -0.818. The van der Waals surface area contributed by atoms with Crippen LogP contribution >= 0.6 is 0 Å². The van der Waals surface area contributed by atoms with Crippen LogP contribution in [0.25, 0.3) is 0 Å². The molecular formula is C22H28N2O5. The highest BCUT2D eigenvalue weighted by atomic mass is 16.5. The lowest BCUT2D eigenvalue weighted by Crippen LogP contribution is -2.47. The molecule has 1 saturated heterocycles. The first-order valence-electron chi connectivity index (χ1n) is 9.71. The van der Waals surface area contributed by atoms with E-state index in [1.165, 1.54) is 0 Å². The summed E-state index contributed by atoms with van der Waals surface area (Å²) in [4.78, 5) is 18.7. The molecule has 156 valence electrons. The third-order valence-corrected chi connectivity index (χ3v) is 5.41. The number of hydrogen-bond donors (Lipinski definition) is 1. The number of ether oxygens (including phenoxy) is 3. The van der Waals surface area contributed by atoms with E-state index in [9.17, 15) is 9.90 Å². The Morgan fingerprint density at radius 1 is 1.10 bits per heavy atom. The number of rotatable bonds is 7. The van der Waals surface area contributed by atoms with E-state index in [1.54, 1.807) is 33.6 Å². The second kappa shape index (κ2) is 9.13. The van der Waals surface area contributed by atoms with Gasteiger partial charge in [-0.15, -0.1) is 0 Å². The van der Waals surface area contributed by atoms with Gasteiger partial charge in [0.2, 0.25) is 0 Å². The fourth-order valence-corrected chi connectivity index (χ4v) is 3.94. The number of carbonyl (C=O) groups is 1. The monoisotopic (exact) mass is 400 g/mol. The molecule has 1 aromatic carbocycles. The molecule has 1 fully saturated rings. The van der Waals surface area contributed by atoms with Crippen molar-refractivity contribution in [2.24, 2.45) is 0 Å². The summed E-state index contributed by atoms with van der Waals surface area (Å²) in [6, 6.07) is 6.60. The fourth-order valence-electron chi connectivity index (χ4n) is 3.94. The van der Waals surface area contributed by atoms with Gasteiger partial charge in [-0.3, -0.25) is 14.7 Å². The standard InChI is InChI=1S/C22H28N2O5/c1-14-8-9-16(23-13-14)21(24-10-6-5-7-17(24)22(25)26)15-11-19(28-3)20(29-4)12-18(15)27-2/h8-9,11-13,17,21H,5-7,10H2,1-4H3,(H,25,26). The van der Waals surface area contributed by atoms with Crippen LogP contribution in [0.4, 0.5) is 0 Å². The third-order valence-electron chi connectivity index (χ3n) is 5.41. The summed E-state index contributed by atoms with van der Waals surface area (Å²) in [5.41, 5.74) is 2.61. The molecule has 0 aliphatic carbocycles. The van der Waals surface area contributed by atoms with Crippen LogP contribution < -0.4 is 14.2 Å². The Morgan fingerprint density at radius 3 is 2.38 bits per heavy atom. The molecule has 1 N–H and O–H groups in total. The van der Waals surface area contributed by atoms with E-state index in [4.69, 9.17) is 14.2 Å². The van der Waals surface area contributed by atoms with E-state index in [0.29, 0.717) is 30.2 Å². The molecule has 1 aliphatic rings. The van der Waals surface area contributed by atoms with Gasteiger partial charge in [0, 0.05) is 17.8 Å². The summed E-state index contributed by atoms with van der Waals surface area (Å²) >= 11 is 0. The molecule has 29 heavy (non-hydrogen) atoms. The van der Waals surface area contributed by atoms with Gasteiger partial charge in [0.1, 0.15) is 11.8 Å². The zero-order valence-electron chi connectivity index (χ0n) is 17.3. The second-order valence-electron chi connectivity index (χ2n) is 7.20. The Bertz CT molecular complexity index is 853. The summed E-state index contributed by atoms with van der Waals surface area (Å²) in [7, 11) is 4.74. The van der Waals surface area contributed by atoms with Crippen molar-refractivity contribution in [1.29, 1.82) is 0 Å². The van der Waals surface area contributed by atoms with Crippen molar-refractivity contribution in [3.8, 4) is 17.2 Å². The number of carboxylic acid groups (broad SMARTS) is 1. The highest BCUT2D eigenvalue weighted by Gasteiger charge is 2.37. The zero-order chi connectivity index (χ0) is 21.0. The number of pyridine rings is 1. The van der Waals surface area contributed by atoms with Crippen molar-refractivity contribution in [1.82, 2.24) is 9.88 Å². The largest absolute Gasteiger partial charge is 0.496 e. The highest BCUT2D eigenvalue weighted by Crippen LogP contribution is 2.43. The predicted octanol–water partition coefficient (Wildman–Crippen LogP) is 3.44. The smallest absolute Gasteiger partial charge is 0.320 e. The number of aromatic nitrogens is 1. The average Bonchev–Trinajstić information content (AvgIpc) is 2.75. The number of benzene rings is 1. The number of carboxylic acids is 1. The van der Waals surface area contributed by atoms with E-state index < -0.39 is 12.0 Å². The zero-order valence-corrected chi connectivity index (χ0v) is 17.3. The number of aryl methyl sites for hydroxylation is 1. The molecule has 2 unspecified atom stereocenters. The van der Waals surface area contributed by atoms with Crippen molar-refractivity contribution >= 4 is 5.97 Å². The lowest BCUT2D eigenvalue weighted by molar-refractivity contribution is -0.145. The molecule has 0 radical (unpaired) electrons. The molecule has 0 saturated carbocycles. The van der Waals surface area contributed by atoms with E-state index in [2.05, 4.69) is 4.98 Å². The first-order chi connectivity index (χ1) is 14.0. The molecule has 7 nitrogen and oxygen atoms in total. The maximum atomic E-state index is 12.0. The predicted molar refractivity (Wildman–Crippen MR) is 109 cm³/mol. The lowest BCUT2D eigenvalue weighted by atomic mass is 9.93. The van der Waals surface area contributed by atoms with Crippen LogP contribution in [-0.2, 0) is 4.79 Å². The maximum Gasteiger partial charge on any atom is 0.320 e. The van der Waals surface area contributed by atoms with Crippen molar-refractivity contribution in [2.75, 3.05) is 27.9 Å². The average molecular weight is 400 g/mol. The van der Waals surface area contributed by atoms with Gasteiger partial charge < -0.3 is 19.3 Å². The van der Waals surface area contributed by atoms with Crippen molar-refractivity contribution in [2.45, 2.75) is 38.3 Å². The Morgan fingerprint density at radius 2 is 1.79 bits per heavy atom. The second-order valence-corrected chi connectivity index (χ2v) is 7.20. The summed E-state index contributed by atoms with van der Waals surface area (Å²) in [6.45, 7) is 2.64. The quantitative estimate of drug-likeness (QED) is 0.762. The number of hydrogen-bond acceptors (Lipinski definition) is 6. The van der Waals surface area contributed by atoms with Crippen LogP contribution in [0, 0.1) is 6.92 Å². The van der Waals surface area contributed by atoms with Crippen LogP contribution in [0.15, 0.2) is 30.5 Å². The van der Waals surface area contributed by atoms with E-state index in [0.717, 1.165) is 29.7 Å². The molecule has 0 bridgehead atoms. The summed E-state index contributed by atoms with van der Waals surface area (Å²) in [5.74, 6) is 0.896. The number of nitrogens with zero attached hydrogens (tertiary/aromatic N) is 2. The van der Waals surface area contributed by atoms with Crippen LogP contribution in [0.3, 0.4) is 0 Å². The molecule has 3 rings (SSSR count). The van der Waals surface area contributed by atoms with Gasteiger partial charge in [-0.25, -0.2) is 0 Å². The van der Waals surface area contributed by atoms with Gasteiger partial charge in [0.25, 0.3) is 0 Å². The first kappa shape index (κ1) is 20.9. The fraction of sp³-hybridized carbons (Fsp3) is 0.455. The number of piperidine rings is 1. The van der Waals surface area contributed by atoms with E-state index in [-0.39, 0.29) is 6.04 Å². The minimum absolute atomic E-state index is 0.383. The van der Waals surface area contributed by atoms with Crippen LogP contribution in [0.2, 0.25) is 0 Å². The van der Waals surface area contributed by atoms with Gasteiger partial charge in [-0.05, 0) is 44.0 Å². The first-order valence-corrected chi connectivity index (χ1v) is 9.71. The van der Waals surface area contributed by atoms with E-state index >= 15 is 0 Å². The minimum Gasteiger partial charge on any atom is -0.496 e. The molecule has 1 aromatic heterocycles. The topological polar surface area (TPSA) is 81.1 Å². The Labute approximate surface area is 171 Å². The molecule has 7 heteroatoms. The van der Waals surface area contributed by atoms with Gasteiger partial charge in [-0.2, -0.15) is 0 Å². The van der Waals surface area contributed by atoms with Crippen molar-refractivity contribution in [3.05, 3.63) is 47.3 Å². The molecular weight excluding hydrogens is 372 g/mol. The molecule has 2 aromatic rings. The highest BCUT2D eigenvalue weighted by molar-refractivity contribution is 5.74. The molecule has 2 atom stereocenters. The number of methoxy groups -OCH3 is 3.